The molecule has 4 bridgehead atoms. The maximum Gasteiger partial charge on any atom is 0.114 e. The molecule has 0 aromatic rings. The Kier molecular flexibility index (Phi) is 4.97. The van der Waals surface area contributed by atoms with Gasteiger partial charge in [-0.25, -0.2) is 0 Å². The molecular formula is C7H13I3N4. The molecule has 0 aromatic heterocycles. The van der Waals surface area contributed by atoms with Gasteiger partial charge in [0.2, 0.25) is 0 Å². The van der Waals surface area contributed by atoms with E-state index in [0.717, 1.165) is -0.0619 Å². The van der Waals surface area contributed by atoms with Crippen LogP contribution in [0.25, 0.3) is 0 Å². The lowest BCUT2D eigenvalue weighted by molar-refractivity contribution is -0.194. The molecule has 4 aliphatic heterocycles. The second kappa shape index (κ2) is 5.58. The zero-order chi connectivity index (χ0) is 10.1. The van der Waals surface area contributed by atoms with Gasteiger partial charge >= 0.3 is 0 Å². The van der Waals surface area contributed by atoms with Crippen LogP contribution in [-0.2, 0) is 0 Å². The Balaban J connectivity index is 0.000000165. The minimum absolute atomic E-state index is 0.743. The van der Waals surface area contributed by atoms with Gasteiger partial charge in [0, 0.05) is 0 Å². The second-order valence-electron chi connectivity index (χ2n) is 3.78. The SMILES string of the molecule is C1N2CN3CN1CN(C2)C3.IC(I)I. The summed E-state index contributed by atoms with van der Waals surface area (Å²) in [6.45, 7) is 7.12. The number of rotatable bonds is 0. The summed E-state index contributed by atoms with van der Waals surface area (Å²) < 4.78 is 0.743. The van der Waals surface area contributed by atoms with Gasteiger partial charge in [-0.15, -0.1) is 0 Å². The topological polar surface area (TPSA) is 13.0 Å². The number of nitrogens with zero attached hydrogens (tertiary/aromatic N) is 4. The molecule has 14 heavy (non-hydrogen) atoms. The van der Waals surface area contributed by atoms with Gasteiger partial charge < -0.3 is 0 Å². The Morgan fingerprint density at radius 2 is 0.714 bits per heavy atom. The molecule has 4 aliphatic rings. The van der Waals surface area contributed by atoms with Crippen molar-refractivity contribution in [2.75, 3.05) is 40.0 Å². The number of halogens is 3. The Bertz CT molecular complexity index is 142. The van der Waals surface area contributed by atoms with Crippen LogP contribution in [0.3, 0.4) is 0 Å². The maximum absolute atomic E-state index is 2.47. The molecular weight excluding hydrogens is 521 g/mol. The van der Waals surface area contributed by atoms with E-state index in [-0.39, 0.29) is 0 Å². The van der Waals surface area contributed by atoms with Crippen LogP contribution < -0.4 is 0 Å². The summed E-state index contributed by atoms with van der Waals surface area (Å²) in [5, 5.41) is 0. The van der Waals surface area contributed by atoms with Gasteiger partial charge in [-0.3, -0.25) is 19.6 Å². The Labute approximate surface area is 126 Å². The van der Waals surface area contributed by atoms with Crippen LogP contribution in [0, 0.1) is 0 Å². The fraction of sp³-hybridized carbons (Fsp3) is 1.00. The molecule has 0 saturated carbocycles. The van der Waals surface area contributed by atoms with E-state index >= 15 is 0 Å². The van der Waals surface area contributed by atoms with Crippen molar-refractivity contribution < 1.29 is 0 Å². The molecule has 4 nitrogen and oxygen atoms in total. The summed E-state index contributed by atoms with van der Waals surface area (Å²) in [5.41, 5.74) is 0. The summed E-state index contributed by atoms with van der Waals surface area (Å²) in [7, 11) is 0. The molecule has 82 valence electrons. The molecule has 0 radical (unpaired) electrons. The Hall–Kier alpha value is 2.03. The number of hydrogen-bond acceptors (Lipinski definition) is 4. The molecule has 4 saturated heterocycles. The minimum Gasteiger partial charge on any atom is -0.264 e. The molecule has 0 N–H and O–H groups in total. The highest BCUT2D eigenvalue weighted by atomic mass is 127. The molecule has 4 fully saturated rings. The van der Waals surface area contributed by atoms with Crippen LogP contribution in [0.15, 0.2) is 0 Å². The van der Waals surface area contributed by atoms with E-state index < -0.39 is 0 Å². The number of alkyl halides is 3. The quantitative estimate of drug-likeness (QED) is 0.346. The summed E-state index contributed by atoms with van der Waals surface area (Å²) in [4.78, 5) is 9.88. The third-order valence-electron chi connectivity index (χ3n) is 2.40. The molecule has 0 aliphatic carbocycles. The molecule has 4 heterocycles. The first-order valence-corrected chi connectivity index (χ1v) is 8.19. The maximum atomic E-state index is 2.47. The average Bonchev–Trinajstić information content (AvgIpc) is 1.98. The summed E-state index contributed by atoms with van der Waals surface area (Å²) >= 11 is 6.95. The largest absolute Gasteiger partial charge is 0.264 e. The van der Waals surface area contributed by atoms with Gasteiger partial charge in [-0.05, 0) is 0 Å². The lowest BCUT2D eigenvalue weighted by Gasteiger charge is -2.56. The zero-order valence-corrected chi connectivity index (χ0v) is 14.2. The van der Waals surface area contributed by atoms with Gasteiger partial charge in [-0.2, -0.15) is 0 Å². The highest BCUT2D eigenvalue weighted by molar-refractivity contribution is 14.3. The molecule has 0 unspecified atom stereocenters. The van der Waals surface area contributed by atoms with Crippen LogP contribution in [0.5, 0.6) is 0 Å². The van der Waals surface area contributed by atoms with Crippen molar-refractivity contribution in [2.24, 2.45) is 0 Å². The predicted octanol–water partition coefficient (Wildman–Crippen LogP) is 1.56. The molecule has 0 aromatic carbocycles. The van der Waals surface area contributed by atoms with Gasteiger partial charge in [0.1, 0.15) is -0.0619 Å². The second-order valence-corrected chi connectivity index (χ2v) is 14.7. The van der Waals surface area contributed by atoms with Gasteiger partial charge in [0.15, 0.2) is 0 Å². The Morgan fingerprint density at radius 1 is 0.571 bits per heavy atom. The normalized spacial score (nSPS) is 43.7. The van der Waals surface area contributed by atoms with Crippen molar-refractivity contribution in [2.45, 2.75) is -0.0619 Å². The monoisotopic (exact) mass is 534 g/mol. The van der Waals surface area contributed by atoms with Crippen LogP contribution in [0.2, 0.25) is 0 Å². The first-order chi connectivity index (χ1) is 6.63. The van der Waals surface area contributed by atoms with E-state index in [4.69, 9.17) is 0 Å². The van der Waals surface area contributed by atoms with Crippen LogP contribution in [0.4, 0.5) is 0 Å². The molecule has 7 heteroatoms. The summed E-state index contributed by atoms with van der Waals surface area (Å²) in [6.07, 6.45) is 0. The van der Waals surface area contributed by atoms with Gasteiger partial charge in [0.25, 0.3) is 0 Å². The highest BCUT2D eigenvalue weighted by Gasteiger charge is 2.36. The van der Waals surface area contributed by atoms with Crippen molar-refractivity contribution in [1.82, 2.24) is 19.6 Å². The summed E-state index contributed by atoms with van der Waals surface area (Å²) in [5.74, 6) is 0. The first kappa shape index (κ1) is 12.5. The van der Waals surface area contributed by atoms with E-state index in [2.05, 4.69) is 87.4 Å². The van der Waals surface area contributed by atoms with Crippen molar-refractivity contribution in [3.8, 4) is 0 Å². The third kappa shape index (κ3) is 3.52. The molecule has 0 atom stereocenters. The molecule has 4 rings (SSSR count). The first-order valence-electron chi connectivity index (χ1n) is 4.45. The Morgan fingerprint density at radius 3 is 0.857 bits per heavy atom. The lowest BCUT2D eigenvalue weighted by Crippen LogP contribution is -2.71. The lowest BCUT2D eigenvalue weighted by atomic mass is 10.4. The number of hydrogen-bond donors (Lipinski definition) is 0. The van der Waals surface area contributed by atoms with E-state index in [1.165, 1.54) is 40.0 Å². The predicted molar refractivity (Wildman–Crippen MR) is 82.4 cm³/mol. The van der Waals surface area contributed by atoms with E-state index in [9.17, 15) is 0 Å². The standard InChI is InChI=1S/C6H12N4.CHI3/c1-7-2-9-4-8(1)5-10(3-7)6-9;2-1(3)4/h1-6H2;1H. The molecule has 0 spiro atoms. The van der Waals surface area contributed by atoms with Crippen LogP contribution in [-0.4, -0.2) is 59.5 Å². The fourth-order valence-electron chi connectivity index (χ4n) is 2.23. The van der Waals surface area contributed by atoms with Gasteiger partial charge in [0.05, 0.1) is 40.0 Å². The highest BCUT2D eigenvalue weighted by Crippen LogP contribution is 2.20. The van der Waals surface area contributed by atoms with Crippen molar-refractivity contribution in [3.05, 3.63) is 0 Å². The van der Waals surface area contributed by atoms with Crippen molar-refractivity contribution >= 4 is 67.8 Å². The van der Waals surface area contributed by atoms with E-state index in [1.807, 2.05) is 0 Å². The van der Waals surface area contributed by atoms with Gasteiger partial charge in [-0.1, -0.05) is 67.8 Å². The third-order valence-corrected chi connectivity index (χ3v) is 2.40. The molecule has 0 amide bonds. The van der Waals surface area contributed by atoms with Crippen LogP contribution >= 0.6 is 67.8 Å². The minimum atomic E-state index is 0.743. The average molecular weight is 534 g/mol. The van der Waals surface area contributed by atoms with E-state index in [0.29, 0.717) is 0 Å². The zero-order valence-electron chi connectivity index (χ0n) is 7.74. The van der Waals surface area contributed by atoms with Crippen molar-refractivity contribution in [1.29, 1.82) is 0 Å². The smallest absolute Gasteiger partial charge is 0.114 e. The van der Waals surface area contributed by atoms with Crippen LogP contribution in [0.1, 0.15) is 0 Å². The van der Waals surface area contributed by atoms with Crippen molar-refractivity contribution in [3.63, 3.8) is 0 Å². The van der Waals surface area contributed by atoms with E-state index in [1.54, 1.807) is 0 Å². The summed E-state index contributed by atoms with van der Waals surface area (Å²) in [6, 6.07) is 0. The fourth-order valence-corrected chi connectivity index (χ4v) is 2.23.